The third-order valence-corrected chi connectivity index (χ3v) is 4.49. The third-order valence-electron chi connectivity index (χ3n) is 2.22. The lowest BCUT2D eigenvalue weighted by Crippen LogP contribution is -2.22. The molecule has 0 saturated heterocycles. The van der Waals surface area contributed by atoms with Crippen molar-refractivity contribution >= 4 is 24.0 Å². The van der Waals surface area contributed by atoms with E-state index in [2.05, 4.69) is 40.6 Å². The van der Waals surface area contributed by atoms with E-state index in [1.54, 1.807) is 6.20 Å². The Kier molecular flexibility index (Phi) is 5.62. The van der Waals surface area contributed by atoms with E-state index in [-0.39, 0.29) is 6.79 Å². The fraction of sp³-hybridized carbons (Fsp3) is 0.583. The standard InChI is InChI=1S/C12H20BrNO2Si/c1-10-7-11(13)12(14-8-10)16-9-15-5-6-17(2,3)4/h7-8H,5-6,9H2,1-4H3. The molecule has 96 valence electrons. The van der Waals surface area contributed by atoms with E-state index in [0.717, 1.165) is 22.7 Å². The zero-order valence-corrected chi connectivity index (χ0v) is 13.5. The molecule has 0 aliphatic heterocycles. The minimum absolute atomic E-state index is 0.263. The molecule has 1 heterocycles. The van der Waals surface area contributed by atoms with Crippen molar-refractivity contribution in [2.75, 3.05) is 13.4 Å². The van der Waals surface area contributed by atoms with Crippen molar-refractivity contribution in [2.45, 2.75) is 32.6 Å². The fourth-order valence-electron chi connectivity index (χ4n) is 1.16. The van der Waals surface area contributed by atoms with Crippen LogP contribution in [-0.4, -0.2) is 26.5 Å². The van der Waals surface area contributed by atoms with Crippen LogP contribution in [0.3, 0.4) is 0 Å². The summed E-state index contributed by atoms with van der Waals surface area (Å²) in [4.78, 5) is 4.18. The lowest BCUT2D eigenvalue weighted by Gasteiger charge is -2.15. The number of hydrogen-bond donors (Lipinski definition) is 0. The van der Waals surface area contributed by atoms with Gasteiger partial charge in [-0.2, -0.15) is 0 Å². The third kappa shape index (κ3) is 6.19. The molecule has 3 nitrogen and oxygen atoms in total. The summed E-state index contributed by atoms with van der Waals surface area (Å²) in [6.07, 6.45) is 1.78. The molecular weight excluding hydrogens is 298 g/mol. The maximum absolute atomic E-state index is 5.45. The van der Waals surface area contributed by atoms with Crippen LogP contribution in [-0.2, 0) is 4.74 Å². The Balaban J connectivity index is 2.27. The smallest absolute Gasteiger partial charge is 0.230 e. The molecule has 17 heavy (non-hydrogen) atoms. The highest BCUT2D eigenvalue weighted by Gasteiger charge is 2.12. The monoisotopic (exact) mass is 317 g/mol. The summed E-state index contributed by atoms with van der Waals surface area (Å²) in [7, 11) is -1.01. The van der Waals surface area contributed by atoms with E-state index >= 15 is 0 Å². The van der Waals surface area contributed by atoms with Crippen molar-refractivity contribution < 1.29 is 9.47 Å². The molecule has 0 spiro atoms. The Morgan fingerprint density at radius 2 is 2.06 bits per heavy atom. The zero-order chi connectivity index (χ0) is 12.9. The molecule has 0 aliphatic carbocycles. The van der Waals surface area contributed by atoms with Gasteiger partial charge in [-0.3, -0.25) is 0 Å². The Morgan fingerprint density at radius 3 is 2.65 bits per heavy atom. The van der Waals surface area contributed by atoms with E-state index in [4.69, 9.17) is 9.47 Å². The van der Waals surface area contributed by atoms with Gasteiger partial charge in [-0.15, -0.1) is 0 Å². The van der Waals surface area contributed by atoms with Crippen LogP contribution < -0.4 is 4.74 Å². The van der Waals surface area contributed by atoms with Crippen LogP contribution in [0.25, 0.3) is 0 Å². The number of rotatable bonds is 6. The van der Waals surface area contributed by atoms with Crippen LogP contribution >= 0.6 is 15.9 Å². The summed E-state index contributed by atoms with van der Waals surface area (Å²) in [5, 5.41) is 0. The minimum atomic E-state index is -1.01. The highest BCUT2D eigenvalue weighted by atomic mass is 79.9. The predicted molar refractivity (Wildman–Crippen MR) is 76.3 cm³/mol. The van der Waals surface area contributed by atoms with Gasteiger partial charge in [0.25, 0.3) is 0 Å². The normalized spacial score (nSPS) is 11.6. The van der Waals surface area contributed by atoms with Gasteiger partial charge in [0.05, 0.1) is 4.47 Å². The van der Waals surface area contributed by atoms with Crippen LogP contribution in [0.1, 0.15) is 5.56 Å². The number of halogens is 1. The van der Waals surface area contributed by atoms with Crippen molar-refractivity contribution in [1.82, 2.24) is 4.98 Å². The molecule has 0 N–H and O–H groups in total. The molecule has 0 unspecified atom stereocenters. The molecule has 0 amide bonds. The van der Waals surface area contributed by atoms with E-state index in [0.29, 0.717) is 5.88 Å². The first kappa shape index (κ1) is 14.7. The molecule has 1 aromatic rings. The molecule has 5 heteroatoms. The van der Waals surface area contributed by atoms with Crippen molar-refractivity contribution in [3.05, 3.63) is 22.3 Å². The first-order valence-electron chi connectivity index (χ1n) is 5.71. The van der Waals surface area contributed by atoms with Crippen LogP contribution in [0.4, 0.5) is 0 Å². The first-order chi connectivity index (χ1) is 7.88. The average molecular weight is 318 g/mol. The number of hydrogen-bond acceptors (Lipinski definition) is 3. The lowest BCUT2D eigenvalue weighted by molar-refractivity contribution is 0.0188. The number of aromatic nitrogens is 1. The maximum atomic E-state index is 5.45. The maximum Gasteiger partial charge on any atom is 0.230 e. The number of nitrogens with zero attached hydrogens (tertiary/aromatic N) is 1. The molecule has 0 aromatic carbocycles. The molecule has 0 bridgehead atoms. The highest BCUT2D eigenvalue weighted by Crippen LogP contribution is 2.22. The van der Waals surface area contributed by atoms with Crippen molar-refractivity contribution in [2.24, 2.45) is 0 Å². The van der Waals surface area contributed by atoms with Crippen molar-refractivity contribution in [1.29, 1.82) is 0 Å². The average Bonchev–Trinajstić information content (AvgIpc) is 2.18. The summed E-state index contributed by atoms with van der Waals surface area (Å²) in [6.45, 7) is 10.0. The molecule has 0 radical (unpaired) electrons. The SMILES string of the molecule is Cc1cnc(OCOCC[Si](C)(C)C)c(Br)c1. The summed E-state index contributed by atoms with van der Waals surface area (Å²) in [5.74, 6) is 0.587. The minimum Gasteiger partial charge on any atom is -0.450 e. The van der Waals surface area contributed by atoms with Crippen LogP contribution in [0, 0.1) is 6.92 Å². The number of pyridine rings is 1. The Bertz CT molecular complexity index is 366. The van der Waals surface area contributed by atoms with Gasteiger partial charge in [-0.1, -0.05) is 19.6 Å². The van der Waals surface area contributed by atoms with E-state index < -0.39 is 8.07 Å². The van der Waals surface area contributed by atoms with Crippen LogP contribution in [0.15, 0.2) is 16.7 Å². The summed E-state index contributed by atoms with van der Waals surface area (Å²) in [6, 6.07) is 3.13. The summed E-state index contributed by atoms with van der Waals surface area (Å²) < 4.78 is 11.8. The summed E-state index contributed by atoms with van der Waals surface area (Å²) in [5.41, 5.74) is 1.10. The van der Waals surface area contributed by atoms with Crippen LogP contribution in [0.2, 0.25) is 25.7 Å². The van der Waals surface area contributed by atoms with Gasteiger partial charge in [-0.25, -0.2) is 4.98 Å². The largest absolute Gasteiger partial charge is 0.450 e. The van der Waals surface area contributed by atoms with E-state index in [1.165, 1.54) is 0 Å². The number of aryl methyl sites for hydroxylation is 1. The molecule has 0 fully saturated rings. The second-order valence-electron chi connectivity index (χ2n) is 5.28. The number of ether oxygens (including phenoxy) is 2. The van der Waals surface area contributed by atoms with Gasteiger partial charge >= 0.3 is 0 Å². The Morgan fingerprint density at radius 1 is 1.35 bits per heavy atom. The van der Waals surface area contributed by atoms with E-state index in [1.807, 2.05) is 13.0 Å². The van der Waals surface area contributed by atoms with Gasteiger partial charge in [0.1, 0.15) is 0 Å². The van der Waals surface area contributed by atoms with Crippen LogP contribution in [0.5, 0.6) is 5.88 Å². The zero-order valence-electron chi connectivity index (χ0n) is 10.9. The Labute approximate surface area is 113 Å². The van der Waals surface area contributed by atoms with Crippen molar-refractivity contribution in [3.8, 4) is 5.88 Å². The van der Waals surface area contributed by atoms with Gasteiger partial charge < -0.3 is 9.47 Å². The molecule has 0 atom stereocenters. The van der Waals surface area contributed by atoms with E-state index in [9.17, 15) is 0 Å². The van der Waals surface area contributed by atoms with Gasteiger partial charge in [0, 0.05) is 20.9 Å². The first-order valence-corrected chi connectivity index (χ1v) is 10.2. The molecule has 1 rings (SSSR count). The molecular formula is C12H20BrNO2Si. The molecule has 1 aromatic heterocycles. The van der Waals surface area contributed by atoms with Gasteiger partial charge in [0.15, 0.2) is 6.79 Å². The van der Waals surface area contributed by atoms with Crippen molar-refractivity contribution in [3.63, 3.8) is 0 Å². The molecule has 0 aliphatic rings. The second-order valence-corrected chi connectivity index (χ2v) is 11.8. The fourth-order valence-corrected chi connectivity index (χ4v) is 2.50. The molecule has 0 saturated carbocycles. The highest BCUT2D eigenvalue weighted by molar-refractivity contribution is 9.10. The second kappa shape index (κ2) is 6.52. The lowest BCUT2D eigenvalue weighted by atomic mass is 10.3. The predicted octanol–water partition coefficient (Wildman–Crippen LogP) is 3.84. The van der Waals surface area contributed by atoms with Gasteiger partial charge in [-0.05, 0) is 40.5 Å². The quantitative estimate of drug-likeness (QED) is 0.454. The summed E-state index contributed by atoms with van der Waals surface area (Å²) >= 11 is 3.41. The topological polar surface area (TPSA) is 31.4 Å². The van der Waals surface area contributed by atoms with Gasteiger partial charge in [0.2, 0.25) is 5.88 Å². The Hall–Kier alpha value is -0.393.